The van der Waals surface area contributed by atoms with Gasteiger partial charge >= 0.3 is 0 Å². The zero-order chi connectivity index (χ0) is 17.0. The third-order valence-electron chi connectivity index (χ3n) is 4.16. The molecule has 2 heteroatoms. The summed E-state index contributed by atoms with van der Waals surface area (Å²) in [6, 6.07) is 17.1. The van der Waals surface area contributed by atoms with Crippen molar-refractivity contribution in [2.75, 3.05) is 6.61 Å². The summed E-state index contributed by atoms with van der Waals surface area (Å²) in [4.78, 5) is 0. The van der Waals surface area contributed by atoms with Gasteiger partial charge in [0, 0.05) is 13.1 Å². The van der Waals surface area contributed by atoms with Gasteiger partial charge in [0.25, 0.3) is 0 Å². The summed E-state index contributed by atoms with van der Waals surface area (Å²) < 4.78 is 5.88. The SMILES string of the molecule is CCCCCCCOc1cccc(CNCc2cccc(C)c2)c1. The molecule has 0 fully saturated rings. The molecule has 0 radical (unpaired) electrons. The molecular formula is C22H31NO. The molecule has 130 valence electrons. The molecule has 2 rings (SSSR count). The Morgan fingerprint density at radius 1 is 0.833 bits per heavy atom. The van der Waals surface area contributed by atoms with Crippen LogP contribution in [0.15, 0.2) is 48.5 Å². The Morgan fingerprint density at radius 3 is 2.29 bits per heavy atom. The molecule has 0 amide bonds. The predicted molar refractivity (Wildman–Crippen MR) is 102 cm³/mol. The lowest BCUT2D eigenvalue weighted by Gasteiger charge is -2.09. The highest BCUT2D eigenvalue weighted by Crippen LogP contribution is 2.14. The van der Waals surface area contributed by atoms with Crippen LogP contribution >= 0.6 is 0 Å². The van der Waals surface area contributed by atoms with Crippen LogP contribution in [0.2, 0.25) is 0 Å². The number of unbranched alkanes of at least 4 members (excludes halogenated alkanes) is 4. The van der Waals surface area contributed by atoms with Gasteiger partial charge in [0.05, 0.1) is 6.61 Å². The van der Waals surface area contributed by atoms with E-state index in [4.69, 9.17) is 4.74 Å². The van der Waals surface area contributed by atoms with Crippen LogP contribution in [0.4, 0.5) is 0 Å². The van der Waals surface area contributed by atoms with Gasteiger partial charge in [0.15, 0.2) is 0 Å². The van der Waals surface area contributed by atoms with Gasteiger partial charge in [-0.05, 0) is 36.6 Å². The molecule has 2 aromatic rings. The van der Waals surface area contributed by atoms with Crippen LogP contribution in [0.25, 0.3) is 0 Å². The van der Waals surface area contributed by atoms with E-state index in [2.05, 4.69) is 67.7 Å². The molecule has 1 N–H and O–H groups in total. The summed E-state index contributed by atoms with van der Waals surface area (Å²) in [5.74, 6) is 0.986. The molecule has 24 heavy (non-hydrogen) atoms. The van der Waals surface area contributed by atoms with Crippen LogP contribution in [0.5, 0.6) is 5.75 Å². The minimum absolute atomic E-state index is 0.823. The maximum atomic E-state index is 5.88. The highest BCUT2D eigenvalue weighted by atomic mass is 16.5. The molecule has 0 aliphatic carbocycles. The molecule has 0 atom stereocenters. The van der Waals surface area contributed by atoms with Crippen molar-refractivity contribution >= 4 is 0 Å². The lowest BCUT2D eigenvalue weighted by atomic mass is 10.1. The Balaban J connectivity index is 1.70. The molecule has 0 aliphatic heterocycles. The highest BCUT2D eigenvalue weighted by molar-refractivity contribution is 5.28. The Kier molecular flexibility index (Phi) is 8.40. The van der Waals surface area contributed by atoms with Gasteiger partial charge in [-0.3, -0.25) is 0 Å². The molecule has 0 heterocycles. The normalized spacial score (nSPS) is 10.8. The predicted octanol–water partition coefficient (Wildman–Crippen LogP) is 5.63. The van der Waals surface area contributed by atoms with E-state index in [1.165, 1.54) is 42.4 Å². The third kappa shape index (κ3) is 7.18. The highest BCUT2D eigenvalue weighted by Gasteiger charge is 1.99. The van der Waals surface area contributed by atoms with E-state index in [1.807, 2.05) is 0 Å². The molecule has 0 spiro atoms. The molecule has 2 aromatic carbocycles. The summed E-state index contributed by atoms with van der Waals surface area (Å²) in [7, 11) is 0. The van der Waals surface area contributed by atoms with Crippen molar-refractivity contribution in [2.24, 2.45) is 0 Å². The molecule has 0 aromatic heterocycles. The Labute approximate surface area is 147 Å². The molecule has 0 aliphatic rings. The van der Waals surface area contributed by atoms with Crippen LogP contribution in [0.1, 0.15) is 55.7 Å². The average molecular weight is 325 g/mol. The van der Waals surface area contributed by atoms with Gasteiger partial charge < -0.3 is 10.1 Å². The van der Waals surface area contributed by atoms with Crippen molar-refractivity contribution in [1.82, 2.24) is 5.32 Å². The second-order valence-electron chi connectivity index (χ2n) is 6.50. The number of nitrogens with one attached hydrogen (secondary N) is 1. The van der Waals surface area contributed by atoms with Gasteiger partial charge in [-0.25, -0.2) is 0 Å². The maximum Gasteiger partial charge on any atom is 0.119 e. The molecular weight excluding hydrogens is 294 g/mol. The van der Waals surface area contributed by atoms with E-state index in [9.17, 15) is 0 Å². The van der Waals surface area contributed by atoms with Crippen molar-refractivity contribution in [3.8, 4) is 5.75 Å². The first-order valence-electron chi connectivity index (χ1n) is 9.26. The first-order valence-corrected chi connectivity index (χ1v) is 9.26. The number of rotatable bonds is 11. The summed E-state index contributed by atoms with van der Waals surface area (Å²) in [5, 5.41) is 3.51. The minimum atomic E-state index is 0.823. The monoisotopic (exact) mass is 325 g/mol. The van der Waals surface area contributed by atoms with E-state index in [0.717, 1.165) is 31.9 Å². The molecule has 0 saturated carbocycles. The van der Waals surface area contributed by atoms with Crippen LogP contribution in [-0.4, -0.2) is 6.61 Å². The number of benzene rings is 2. The average Bonchev–Trinajstić information content (AvgIpc) is 2.58. The van der Waals surface area contributed by atoms with Crippen molar-refractivity contribution in [3.63, 3.8) is 0 Å². The van der Waals surface area contributed by atoms with Gasteiger partial charge in [-0.1, -0.05) is 74.6 Å². The fraction of sp³-hybridized carbons (Fsp3) is 0.455. The first-order chi connectivity index (χ1) is 11.8. The fourth-order valence-electron chi connectivity index (χ4n) is 2.81. The molecule has 0 bridgehead atoms. The summed E-state index contributed by atoms with van der Waals surface area (Å²) in [5.41, 5.74) is 3.91. The van der Waals surface area contributed by atoms with E-state index >= 15 is 0 Å². The van der Waals surface area contributed by atoms with Crippen molar-refractivity contribution < 1.29 is 4.74 Å². The van der Waals surface area contributed by atoms with E-state index < -0.39 is 0 Å². The van der Waals surface area contributed by atoms with E-state index in [-0.39, 0.29) is 0 Å². The lowest BCUT2D eigenvalue weighted by Crippen LogP contribution is -2.12. The van der Waals surface area contributed by atoms with E-state index in [0.29, 0.717) is 0 Å². The Morgan fingerprint density at radius 2 is 1.54 bits per heavy atom. The third-order valence-corrected chi connectivity index (χ3v) is 4.16. The zero-order valence-corrected chi connectivity index (χ0v) is 15.2. The minimum Gasteiger partial charge on any atom is -0.494 e. The van der Waals surface area contributed by atoms with Crippen molar-refractivity contribution in [2.45, 2.75) is 59.0 Å². The first kappa shape index (κ1) is 18.5. The van der Waals surface area contributed by atoms with E-state index in [1.54, 1.807) is 0 Å². The summed E-state index contributed by atoms with van der Waals surface area (Å²) in [6.07, 6.45) is 6.37. The summed E-state index contributed by atoms with van der Waals surface area (Å²) in [6.45, 7) is 6.96. The van der Waals surface area contributed by atoms with Crippen LogP contribution < -0.4 is 10.1 Å². The molecule has 2 nitrogen and oxygen atoms in total. The second kappa shape index (κ2) is 10.9. The largest absolute Gasteiger partial charge is 0.494 e. The molecule has 0 saturated heterocycles. The second-order valence-corrected chi connectivity index (χ2v) is 6.50. The van der Waals surface area contributed by atoms with Crippen molar-refractivity contribution in [1.29, 1.82) is 0 Å². The fourth-order valence-corrected chi connectivity index (χ4v) is 2.81. The molecule has 0 unspecified atom stereocenters. The number of hydrogen-bond acceptors (Lipinski definition) is 2. The van der Waals surface area contributed by atoms with Gasteiger partial charge in [0.1, 0.15) is 5.75 Å². The smallest absolute Gasteiger partial charge is 0.119 e. The quantitative estimate of drug-likeness (QED) is 0.540. The Hall–Kier alpha value is -1.80. The van der Waals surface area contributed by atoms with Gasteiger partial charge in [-0.15, -0.1) is 0 Å². The number of aryl methyl sites for hydroxylation is 1. The van der Waals surface area contributed by atoms with Crippen LogP contribution in [-0.2, 0) is 13.1 Å². The number of ether oxygens (including phenoxy) is 1. The topological polar surface area (TPSA) is 21.3 Å². The standard InChI is InChI=1S/C22H31NO/c1-3-4-5-6-7-14-24-22-13-9-12-21(16-22)18-23-17-20-11-8-10-19(2)15-20/h8-13,15-16,23H,3-7,14,17-18H2,1-2H3. The van der Waals surface area contributed by atoms with Gasteiger partial charge in [-0.2, -0.15) is 0 Å². The summed E-state index contributed by atoms with van der Waals surface area (Å²) >= 11 is 0. The van der Waals surface area contributed by atoms with Crippen LogP contribution in [0, 0.1) is 6.92 Å². The number of hydrogen-bond donors (Lipinski definition) is 1. The van der Waals surface area contributed by atoms with Crippen LogP contribution in [0.3, 0.4) is 0 Å². The zero-order valence-electron chi connectivity index (χ0n) is 15.2. The van der Waals surface area contributed by atoms with Crippen molar-refractivity contribution in [3.05, 3.63) is 65.2 Å². The Bertz CT molecular complexity index is 594. The lowest BCUT2D eigenvalue weighted by molar-refractivity contribution is 0.304. The maximum absolute atomic E-state index is 5.88. The van der Waals surface area contributed by atoms with Gasteiger partial charge in [0.2, 0.25) is 0 Å².